The van der Waals surface area contributed by atoms with Crippen LogP contribution in [0.25, 0.3) is 0 Å². The molecule has 0 saturated carbocycles. The summed E-state index contributed by atoms with van der Waals surface area (Å²) in [6, 6.07) is 1.22. The molecule has 2 heterocycles. The Labute approximate surface area is 113 Å². The van der Waals surface area contributed by atoms with Gasteiger partial charge in [-0.15, -0.1) is 3.89 Å². The molecule has 1 unspecified atom stereocenters. The first-order chi connectivity index (χ1) is 9.20. The van der Waals surface area contributed by atoms with E-state index in [1.54, 1.807) is 0 Å². The van der Waals surface area contributed by atoms with Crippen LogP contribution in [0, 0.1) is 17.0 Å². The quantitative estimate of drug-likeness (QED) is 0.462. The summed E-state index contributed by atoms with van der Waals surface area (Å²) >= 11 is 0. The van der Waals surface area contributed by atoms with Crippen molar-refractivity contribution in [2.75, 3.05) is 11.4 Å². The topological polar surface area (TPSA) is 110 Å². The van der Waals surface area contributed by atoms with Crippen LogP contribution in [0.2, 0.25) is 0 Å². The van der Waals surface area contributed by atoms with E-state index < -0.39 is 32.7 Å². The van der Waals surface area contributed by atoms with Gasteiger partial charge >= 0.3 is 10.2 Å². The molecule has 1 aliphatic rings. The third-order valence-corrected chi connectivity index (χ3v) is 4.10. The third kappa shape index (κ3) is 2.59. The summed E-state index contributed by atoms with van der Waals surface area (Å²) in [6.45, 7) is 1.16. The zero-order valence-electron chi connectivity index (χ0n) is 10.3. The number of carbonyl (C=O) groups excluding carboxylic acids is 1. The third-order valence-electron chi connectivity index (χ3n) is 2.99. The molecule has 2 rings (SSSR count). The van der Waals surface area contributed by atoms with E-state index in [1.165, 1.54) is 13.0 Å². The smallest absolute Gasteiger partial charge is 0.295 e. The fraction of sp³-hybridized carbons (Fsp3) is 0.400. The lowest BCUT2D eigenvalue weighted by molar-refractivity contribution is -0.385. The SMILES string of the molecule is Cc1cc([N+](=O)[O-])cnc1N1CC(S(=O)(=O)F)CC1=O. The number of hydrogen-bond donors (Lipinski definition) is 0. The van der Waals surface area contributed by atoms with Crippen molar-refractivity contribution in [3.05, 3.63) is 27.9 Å². The summed E-state index contributed by atoms with van der Waals surface area (Å²) in [7, 11) is -4.81. The highest BCUT2D eigenvalue weighted by molar-refractivity contribution is 7.87. The zero-order valence-corrected chi connectivity index (χ0v) is 11.1. The first kappa shape index (κ1) is 14.3. The van der Waals surface area contributed by atoms with E-state index in [1.807, 2.05) is 0 Å². The Hall–Kier alpha value is -2.10. The zero-order chi connectivity index (χ0) is 15.1. The van der Waals surface area contributed by atoms with Gasteiger partial charge in [-0.05, 0) is 12.5 Å². The lowest BCUT2D eigenvalue weighted by atomic mass is 10.2. The number of hydrogen-bond acceptors (Lipinski definition) is 6. The number of pyridine rings is 1. The maximum absolute atomic E-state index is 12.9. The van der Waals surface area contributed by atoms with E-state index in [-0.39, 0.29) is 18.1 Å². The van der Waals surface area contributed by atoms with Crippen molar-refractivity contribution < 1.29 is 22.0 Å². The molecule has 0 aromatic carbocycles. The maximum Gasteiger partial charge on any atom is 0.307 e. The van der Waals surface area contributed by atoms with Crippen LogP contribution in [-0.2, 0) is 15.0 Å². The van der Waals surface area contributed by atoms with Crippen LogP contribution in [0.4, 0.5) is 15.4 Å². The normalized spacial score (nSPS) is 19.4. The van der Waals surface area contributed by atoms with Crippen LogP contribution in [0.5, 0.6) is 0 Å². The van der Waals surface area contributed by atoms with Crippen molar-refractivity contribution in [1.29, 1.82) is 0 Å². The second kappa shape index (κ2) is 4.78. The number of carbonyl (C=O) groups is 1. The van der Waals surface area contributed by atoms with Crippen molar-refractivity contribution in [2.45, 2.75) is 18.6 Å². The fourth-order valence-corrected chi connectivity index (χ4v) is 2.67. The fourth-order valence-electron chi connectivity index (χ4n) is 2.00. The molecule has 0 N–H and O–H groups in total. The minimum Gasteiger partial charge on any atom is -0.295 e. The van der Waals surface area contributed by atoms with E-state index in [4.69, 9.17) is 0 Å². The largest absolute Gasteiger partial charge is 0.307 e. The van der Waals surface area contributed by atoms with Crippen molar-refractivity contribution in [2.24, 2.45) is 0 Å². The Balaban J connectivity index is 2.33. The van der Waals surface area contributed by atoms with Gasteiger partial charge in [0, 0.05) is 19.0 Å². The number of aromatic nitrogens is 1. The monoisotopic (exact) mass is 303 g/mol. The van der Waals surface area contributed by atoms with Gasteiger partial charge in [-0.1, -0.05) is 0 Å². The van der Waals surface area contributed by atoms with Gasteiger partial charge in [0.2, 0.25) is 5.91 Å². The van der Waals surface area contributed by atoms with Gasteiger partial charge in [0.25, 0.3) is 5.69 Å². The predicted molar refractivity (Wildman–Crippen MR) is 66.4 cm³/mol. The molecule has 1 saturated heterocycles. The van der Waals surface area contributed by atoms with E-state index in [2.05, 4.69) is 4.98 Å². The molecule has 0 spiro atoms. The Bertz CT molecular complexity index is 690. The second-order valence-corrected chi connectivity index (χ2v) is 6.01. The summed E-state index contributed by atoms with van der Waals surface area (Å²) in [5, 5.41) is 9.17. The Morgan fingerprint density at radius 1 is 1.55 bits per heavy atom. The summed E-state index contributed by atoms with van der Waals surface area (Å²) in [4.78, 5) is 26.5. The molecule has 1 aromatic rings. The van der Waals surface area contributed by atoms with Crippen LogP contribution in [0.15, 0.2) is 12.3 Å². The minimum atomic E-state index is -4.81. The average Bonchev–Trinajstić information content (AvgIpc) is 2.71. The van der Waals surface area contributed by atoms with E-state index in [0.717, 1.165) is 11.1 Å². The molecular formula is C10H10FN3O5S. The standard InChI is InChI=1S/C10H10FN3O5S/c1-6-2-7(14(16)17)4-12-10(6)13-5-8(3-9(13)15)20(11,18)19/h2,4,8H,3,5H2,1H3. The van der Waals surface area contributed by atoms with Gasteiger partial charge in [-0.3, -0.25) is 19.8 Å². The molecule has 1 amide bonds. The summed E-state index contributed by atoms with van der Waals surface area (Å²) in [5.41, 5.74) is 0.0945. The summed E-state index contributed by atoms with van der Waals surface area (Å²) in [5.74, 6) is -0.479. The van der Waals surface area contributed by atoms with Crippen molar-refractivity contribution in [3.8, 4) is 0 Å². The molecule has 1 aliphatic heterocycles. The van der Waals surface area contributed by atoms with E-state index >= 15 is 0 Å². The van der Waals surface area contributed by atoms with Crippen LogP contribution in [-0.4, -0.2) is 36.0 Å². The summed E-state index contributed by atoms with van der Waals surface area (Å²) in [6.07, 6.45) is 0.504. The highest BCUT2D eigenvalue weighted by atomic mass is 32.3. The highest BCUT2D eigenvalue weighted by Gasteiger charge is 2.40. The Morgan fingerprint density at radius 3 is 2.65 bits per heavy atom. The Kier molecular flexibility index (Phi) is 3.42. The van der Waals surface area contributed by atoms with Gasteiger partial charge < -0.3 is 0 Å². The van der Waals surface area contributed by atoms with E-state index in [9.17, 15) is 27.2 Å². The van der Waals surface area contributed by atoms with Gasteiger partial charge in [0.1, 0.15) is 17.3 Å². The number of anilines is 1. The molecule has 10 heteroatoms. The maximum atomic E-state index is 12.9. The molecule has 1 aromatic heterocycles. The molecule has 20 heavy (non-hydrogen) atoms. The van der Waals surface area contributed by atoms with Crippen LogP contribution in [0.3, 0.4) is 0 Å². The number of rotatable bonds is 3. The molecule has 0 bridgehead atoms. The summed E-state index contributed by atoms with van der Waals surface area (Å²) < 4.78 is 34.6. The first-order valence-electron chi connectivity index (χ1n) is 5.55. The first-order valence-corrected chi connectivity index (χ1v) is 6.99. The van der Waals surface area contributed by atoms with Gasteiger partial charge in [-0.25, -0.2) is 4.98 Å². The predicted octanol–water partition coefficient (Wildman–Crippen LogP) is 0.703. The molecule has 0 aliphatic carbocycles. The van der Waals surface area contributed by atoms with Gasteiger partial charge in [0.15, 0.2) is 0 Å². The number of halogens is 1. The van der Waals surface area contributed by atoms with Crippen LogP contribution < -0.4 is 4.90 Å². The van der Waals surface area contributed by atoms with Gasteiger partial charge in [0.05, 0.1) is 4.92 Å². The Morgan fingerprint density at radius 2 is 2.20 bits per heavy atom. The number of amides is 1. The molecular weight excluding hydrogens is 293 g/mol. The molecule has 1 fully saturated rings. The number of aryl methyl sites for hydroxylation is 1. The number of nitro groups is 1. The average molecular weight is 303 g/mol. The van der Waals surface area contributed by atoms with Crippen LogP contribution >= 0.6 is 0 Å². The van der Waals surface area contributed by atoms with Crippen molar-refractivity contribution >= 4 is 27.6 Å². The molecule has 8 nitrogen and oxygen atoms in total. The van der Waals surface area contributed by atoms with Gasteiger partial charge in [-0.2, -0.15) is 8.42 Å². The minimum absolute atomic E-state index is 0.103. The lowest BCUT2D eigenvalue weighted by Crippen LogP contribution is -2.28. The molecule has 1 atom stereocenters. The molecule has 108 valence electrons. The molecule has 0 radical (unpaired) electrons. The van der Waals surface area contributed by atoms with E-state index in [0.29, 0.717) is 5.56 Å². The number of nitrogens with zero attached hydrogens (tertiary/aromatic N) is 3. The van der Waals surface area contributed by atoms with Crippen LogP contribution in [0.1, 0.15) is 12.0 Å². The van der Waals surface area contributed by atoms with Crippen molar-refractivity contribution in [3.63, 3.8) is 0 Å². The lowest BCUT2D eigenvalue weighted by Gasteiger charge is -2.16. The van der Waals surface area contributed by atoms with Crippen molar-refractivity contribution in [1.82, 2.24) is 4.98 Å². The highest BCUT2D eigenvalue weighted by Crippen LogP contribution is 2.28. The second-order valence-electron chi connectivity index (χ2n) is 4.40.